The fraction of sp³-hybridized carbons (Fsp3) is 0.364. The second-order valence-corrected chi connectivity index (χ2v) is 8.20. The van der Waals surface area contributed by atoms with E-state index in [0.717, 1.165) is 30.7 Å². The van der Waals surface area contributed by atoms with Gasteiger partial charge < -0.3 is 27.0 Å². The van der Waals surface area contributed by atoms with Crippen molar-refractivity contribution in [1.29, 1.82) is 0 Å². The van der Waals surface area contributed by atoms with Gasteiger partial charge >= 0.3 is 6.18 Å². The molecular weight excluding hydrogens is 459 g/mol. The lowest BCUT2D eigenvalue weighted by Crippen LogP contribution is -2.59. The summed E-state index contributed by atoms with van der Waals surface area (Å²) in [5.41, 5.74) is 5.26. The van der Waals surface area contributed by atoms with Crippen molar-refractivity contribution in [2.24, 2.45) is 0 Å². The molecule has 1 aliphatic rings. The second-order valence-electron chi connectivity index (χ2n) is 7.76. The second kappa shape index (κ2) is 10.9. The molecule has 11 heteroatoms. The van der Waals surface area contributed by atoms with E-state index in [9.17, 15) is 22.8 Å². The Bertz CT molecular complexity index is 985. The Hall–Kier alpha value is -2.82. The van der Waals surface area contributed by atoms with Gasteiger partial charge in [-0.25, -0.2) is 0 Å². The summed E-state index contributed by atoms with van der Waals surface area (Å²) in [7, 11) is 0. The zero-order valence-electron chi connectivity index (χ0n) is 17.6. The molecule has 1 saturated heterocycles. The highest BCUT2D eigenvalue weighted by molar-refractivity contribution is 6.30. The number of nitrogens with one attached hydrogen (secondary N) is 4. The number of carbonyl (C=O) groups is 2. The zero-order valence-corrected chi connectivity index (χ0v) is 18.4. The predicted molar refractivity (Wildman–Crippen MR) is 120 cm³/mol. The number of nitrogen functional groups attached to an aromatic ring is 1. The van der Waals surface area contributed by atoms with E-state index in [2.05, 4.69) is 21.3 Å². The zero-order chi connectivity index (χ0) is 24.0. The van der Waals surface area contributed by atoms with Crippen molar-refractivity contribution >= 4 is 29.1 Å². The number of hydrogen-bond acceptors (Lipinski definition) is 5. The molecule has 0 aliphatic carbocycles. The van der Waals surface area contributed by atoms with Gasteiger partial charge in [0.25, 0.3) is 5.91 Å². The quantitative estimate of drug-likeness (QED) is 0.388. The highest BCUT2D eigenvalue weighted by Gasteiger charge is 2.32. The summed E-state index contributed by atoms with van der Waals surface area (Å²) in [4.78, 5) is 24.7. The van der Waals surface area contributed by atoms with E-state index in [1.165, 1.54) is 0 Å². The van der Waals surface area contributed by atoms with E-state index in [1.807, 2.05) is 12.1 Å². The Morgan fingerprint density at radius 2 is 1.85 bits per heavy atom. The van der Waals surface area contributed by atoms with Crippen LogP contribution in [-0.2, 0) is 17.5 Å². The number of alkyl halides is 3. The molecule has 2 aromatic carbocycles. The maximum absolute atomic E-state index is 12.9. The van der Waals surface area contributed by atoms with E-state index >= 15 is 0 Å². The first-order chi connectivity index (χ1) is 15.6. The van der Waals surface area contributed by atoms with Crippen LogP contribution in [0.3, 0.4) is 0 Å². The van der Waals surface area contributed by atoms with Gasteiger partial charge in [-0.05, 0) is 48.9 Å². The lowest BCUT2D eigenvalue weighted by atomic mass is 10.00. The number of piperidine rings is 1. The van der Waals surface area contributed by atoms with Crippen LogP contribution in [0.15, 0.2) is 42.5 Å². The number of anilines is 1. The molecule has 0 spiro atoms. The Morgan fingerprint density at radius 1 is 1.12 bits per heavy atom. The average molecular weight is 484 g/mol. The molecule has 7 nitrogen and oxygen atoms in total. The molecule has 0 saturated carbocycles. The Balaban J connectivity index is 1.53. The van der Waals surface area contributed by atoms with Gasteiger partial charge in [-0.15, -0.1) is 0 Å². The smallest absolute Gasteiger partial charge is 0.398 e. The van der Waals surface area contributed by atoms with Crippen LogP contribution in [0.2, 0.25) is 5.02 Å². The molecule has 2 aromatic rings. The maximum Gasteiger partial charge on any atom is 0.416 e. The number of halogens is 4. The maximum atomic E-state index is 12.9. The van der Waals surface area contributed by atoms with Crippen LogP contribution in [0.4, 0.5) is 18.9 Å². The number of hydrogen-bond donors (Lipinski definition) is 5. The molecule has 178 valence electrons. The van der Waals surface area contributed by atoms with E-state index in [4.69, 9.17) is 17.3 Å². The van der Waals surface area contributed by atoms with Gasteiger partial charge in [-0.1, -0.05) is 23.7 Å². The molecule has 6 N–H and O–H groups in total. The topological polar surface area (TPSA) is 108 Å². The van der Waals surface area contributed by atoms with Crippen LogP contribution >= 0.6 is 11.6 Å². The molecule has 1 fully saturated rings. The third-order valence-electron chi connectivity index (χ3n) is 5.34. The highest BCUT2D eigenvalue weighted by Crippen LogP contribution is 2.31. The molecular formula is C22H25ClF3N5O2. The summed E-state index contributed by atoms with van der Waals surface area (Å²) >= 11 is 5.91. The van der Waals surface area contributed by atoms with Gasteiger partial charge in [-0.2, -0.15) is 13.2 Å². The molecule has 0 aromatic heterocycles. The summed E-state index contributed by atoms with van der Waals surface area (Å²) in [6.07, 6.45) is -3.83. The van der Waals surface area contributed by atoms with Crippen molar-refractivity contribution in [3.63, 3.8) is 0 Å². The minimum Gasteiger partial charge on any atom is -0.398 e. The number of benzene rings is 2. The lowest BCUT2D eigenvalue weighted by Gasteiger charge is -2.33. The number of carbonyl (C=O) groups excluding carboxylic acids is 2. The van der Waals surface area contributed by atoms with Crippen LogP contribution in [0, 0.1) is 0 Å². The van der Waals surface area contributed by atoms with E-state index < -0.39 is 30.1 Å². The first-order valence-electron chi connectivity index (χ1n) is 10.4. The number of rotatable bonds is 7. The van der Waals surface area contributed by atoms with Crippen molar-refractivity contribution in [1.82, 2.24) is 21.3 Å². The molecule has 33 heavy (non-hydrogen) atoms. The van der Waals surface area contributed by atoms with Crippen molar-refractivity contribution < 1.29 is 22.8 Å². The van der Waals surface area contributed by atoms with E-state index in [-0.39, 0.29) is 23.3 Å². The first kappa shape index (κ1) is 24.8. The third-order valence-corrected chi connectivity index (χ3v) is 5.60. The van der Waals surface area contributed by atoms with E-state index in [1.54, 1.807) is 12.1 Å². The first-order valence-corrected chi connectivity index (χ1v) is 10.7. The fourth-order valence-electron chi connectivity index (χ4n) is 3.55. The van der Waals surface area contributed by atoms with Crippen LogP contribution in [0.5, 0.6) is 0 Å². The normalized spacial score (nSPS) is 18.5. The minimum absolute atomic E-state index is 0.000640. The standard InChI is InChI=1S/C22H25ClF3N5O2/c23-15-4-1-13(2-5-15)10-29-18-7-8-28-11-19(18)31-20(32)12-30-21(33)16-9-14(22(24,25)26)3-6-17(16)27/h1-6,9,18-19,28-29H,7-8,10-12,27H2,(H,30,33)(H,31,32)/t18-,19+/m0/s1. The summed E-state index contributed by atoms with van der Waals surface area (Å²) in [6, 6.07) is 9.70. The third kappa shape index (κ3) is 7.08. The number of amides is 2. The van der Waals surface area contributed by atoms with Crippen LogP contribution in [0.1, 0.15) is 27.9 Å². The Kier molecular flexibility index (Phi) is 8.17. The highest BCUT2D eigenvalue weighted by atomic mass is 35.5. The molecule has 0 unspecified atom stereocenters. The average Bonchev–Trinajstić information content (AvgIpc) is 2.77. The van der Waals surface area contributed by atoms with Crippen molar-refractivity contribution in [3.8, 4) is 0 Å². The van der Waals surface area contributed by atoms with Gasteiger partial charge in [0.1, 0.15) is 0 Å². The fourth-order valence-corrected chi connectivity index (χ4v) is 3.67. The monoisotopic (exact) mass is 483 g/mol. The summed E-state index contributed by atoms with van der Waals surface area (Å²) < 4.78 is 38.7. The Morgan fingerprint density at radius 3 is 2.55 bits per heavy atom. The van der Waals surface area contributed by atoms with Gasteiger partial charge in [0.2, 0.25) is 5.91 Å². The molecule has 2 atom stereocenters. The summed E-state index contributed by atoms with van der Waals surface area (Å²) in [5, 5.41) is 12.5. The van der Waals surface area contributed by atoms with Gasteiger partial charge in [0, 0.05) is 29.8 Å². The minimum atomic E-state index is -4.61. The summed E-state index contributed by atoms with van der Waals surface area (Å²) in [5.74, 6) is -1.31. The van der Waals surface area contributed by atoms with Crippen LogP contribution in [0.25, 0.3) is 0 Å². The molecule has 2 amide bonds. The molecule has 3 rings (SSSR count). The summed E-state index contributed by atoms with van der Waals surface area (Å²) in [6.45, 7) is 1.53. The van der Waals surface area contributed by atoms with Gasteiger partial charge in [0.15, 0.2) is 0 Å². The predicted octanol–water partition coefficient (Wildman–Crippen LogP) is 2.31. The SMILES string of the molecule is Nc1ccc(C(F)(F)F)cc1C(=O)NCC(=O)N[C@@H]1CNCC[C@@H]1NCc1ccc(Cl)cc1. The van der Waals surface area contributed by atoms with Gasteiger partial charge in [-0.3, -0.25) is 9.59 Å². The molecule has 1 heterocycles. The van der Waals surface area contributed by atoms with Crippen molar-refractivity contribution in [2.45, 2.75) is 31.2 Å². The van der Waals surface area contributed by atoms with Crippen molar-refractivity contribution in [3.05, 3.63) is 64.2 Å². The number of nitrogens with two attached hydrogens (primary N) is 1. The van der Waals surface area contributed by atoms with Gasteiger partial charge in [0.05, 0.1) is 23.7 Å². The lowest BCUT2D eigenvalue weighted by molar-refractivity contribution is -0.137. The van der Waals surface area contributed by atoms with Crippen LogP contribution < -0.4 is 27.0 Å². The molecule has 1 aliphatic heterocycles. The molecule has 0 radical (unpaired) electrons. The van der Waals surface area contributed by atoms with Crippen molar-refractivity contribution in [2.75, 3.05) is 25.4 Å². The Labute approximate surface area is 194 Å². The largest absolute Gasteiger partial charge is 0.416 e. The van der Waals surface area contributed by atoms with Crippen LogP contribution in [-0.4, -0.2) is 43.5 Å². The van der Waals surface area contributed by atoms with E-state index in [0.29, 0.717) is 24.2 Å². The molecule has 0 bridgehead atoms.